The maximum absolute atomic E-state index is 14.9. The minimum atomic E-state index is -1.22. The largest absolute Gasteiger partial charge is 0.463 e. The second-order valence-corrected chi connectivity index (χ2v) is 15.3. The summed E-state index contributed by atoms with van der Waals surface area (Å²) in [5.41, 5.74) is -1.15. The quantitative estimate of drug-likeness (QED) is 0.193. The van der Waals surface area contributed by atoms with Crippen molar-refractivity contribution in [1.82, 2.24) is 15.1 Å². The summed E-state index contributed by atoms with van der Waals surface area (Å²) in [5.74, 6) is -3.17. The molecule has 3 amide bonds. The Morgan fingerprint density at radius 2 is 1.85 bits per heavy atom. The Morgan fingerprint density at radius 1 is 1.17 bits per heavy atom. The summed E-state index contributed by atoms with van der Waals surface area (Å²) in [4.78, 5) is 59.5. The van der Waals surface area contributed by atoms with E-state index in [0.29, 0.717) is 32.1 Å². The van der Waals surface area contributed by atoms with Gasteiger partial charge in [0.2, 0.25) is 17.7 Å². The third-order valence-corrected chi connectivity index (χ3v) is 10.1. The van der Waals surface area contributed by atoms with Crippen molar-refractivity contribution in [3.8, 4) is 0 Å². The van der Waals surface area contributed by atoms with Crippen LogP contribution < -0.4 is 5.32 Å². The van der Waals surface area contributed by atoms with Crippen molar-refractivity contribution in [1.29, 1.82) is 0 Å². The van der Waals surface area contributed by atoms with Gasteiger partial charge in [0.05, 0.1) is 36.6 Å². The highest BCUT2D eigenvalue weighted by Crippen LogP contribution is 2.59. The molecule has 10 nitrogen and oxygen atoms in total. The van der Waals surface area contributed by atoms with E-state index >= 15 is 0 Å². The first-order chi connectivity index (χ1) is 22.7. The van der Waals surface area contributed by atoms with Gasteiger partial charge in [0.1, 0.15) is 18.2 Å². The van der Waals surface area contributed by atoms with Gasteiger partial charge >= 0.3 is 5.97 Å². The first-order valence-electron chi connectivity index (χ1n) is 17.3. The minimum Gasteiger partial charge on any atom is -0.463 e. The highest BCUT2D eigenvalue weighted by Gasteiger charge is 2.75. The van der Waals surface area contributed by atoms with Gasteiger partial charge in [0, 0.05) is 18.5 Å². The van der Waals surface area contributed by atoms with Crippen LogP contribution in [0.15, 0.2) is 55.6 Å². The van der Waals surface area contributed by atoms with E-state index in [0.717, 1.165) is 5.56 Å². The summed E-state index contributed by atoms with van der Waals surface area (Å²) in [5, 5.41) is 13.5. The molecule has 2 N–H and O–H groups in total. The van der Waals surface area contributed by atoms with Gasteiger partial charge in [-0.05, 0) is 56.9 Å². The second kappa shape index (κ2) is 14.9. The summed E-state index contributed by atoms with van der Waals surface area (Å²) in [6.07, 6.45) is 5.51. The summed E-state index contributed by atoms with van der Waals surface area (Å²) >= 11 is 0. The van der Waals surface area contributed by atoms with Crippen LogP contribution in [-0.2, 0) is 28.7 Å². The molecule has 3 heterocycles. The Balaban J connectivity index is 1.70. The molecule has 10 heteroatoms. The lowest BCUT2D eigenvalue weighted by Gasteiger charge is -2.46. The zero-order chi connectivity index (χ0) is 35.4. The molecular formula is C38H55N3O7. The van der Waals surface area contributed by atoms with Gasteiger partial charge in [-0.25, -0.2) is 0 Å². The predicted octanol–water partition coefficient (Wildman–Crippen LogP) is 4.73. The number of carbonyl (C=O) groups is 4. The molecule has 0 saturated carbocycles. The van der Waals surface area contributed by atoms with Gasteiger partial charge in [0.15, 0.2) is 0 Å². The van der Waals surface area contributed by atoms with E-state index in [2.05, 4.69) is 39.2 Å². The SMILES string of the molecule is C=CCCC(=O)OC[C@@H](NC(=O)[C@@H]1[C@@H]2CC[C@]3(O2)[C@H](C(=O)N(CC=C)C(C)(C)CC(C)(C)C)N([C@@H](CC)CO)C(=O)[C@@H]13)c1ccccc1. The zero-order valence-electron chi connectivity index (χ0n) is 29.6. The normalized spacial score (nSPS) is 26.1. The fourth-order valence-corrected chi connectivity index (χ4v) is 8.43. The number of benzene rings is 1. The topological polar surface area (TPSA) is 125 Å². The zero-order valence-corrected chi connectivity index (χ0v) is 29.6. The third kappa shape index (κ3) is 7.39. The Kier molecular flexibility index (Phi) is 11.6. The van der Waals surface area contributed by atoms with Crippen LogP contribution in [-0.4, -0.2) is 87.7 Å². The van der Waals surface area contributed by atoms with E-state index in [9.17, 15) is 24.3 Å². The van der Waals surface area contributed by atoms with Crippen molar-refractivity contribution in [2.24, 2.45) is 17.3 Å². The lowest BCUT2D eigenvalue weighted by molar-refractivity contribution is -0.155. The number of allylic oxidation sites excluding steroid dienone is 1. The lowest BCUT2D eigenvalue weighted by atomic mass is 9.70. The maximum Gasteiger partial charge on any atom is 0.306 e. The standard InChI is InChI=1S/C38H55N3O7/c1-9-12-18-29(43)47-23-27(25-16-14-13-15-17-25)39-33(44)30-28-19-20-38(48-28)31(30)34(45)41(26(11-3)22-42)32(38)35(46)40(21-10-2)37(7,8)24-36(4,5)6/h9-10,13-17,26-28,30-32,42H,1-2,11-12,18-24H2,3-8H3,(H,39,44)/t26-,27+,28-,30+,31+,32-,38+/m0/s1. The van der Waals surface area contributed by atoms with Crippen LogP contribution in [0.3, 0.4) is 0 Å². The van der Waals surface area contributed by atoms with Crippen LogP contribution in [0.4, 0.5) is 0 Å². The fraction of sp³-hybridized carbons (Fsp3) is 0.632. The molecule has 1 aromatic carbocycles. The number of hydrogen-bond donors (Lipinski definition) is 2. The van der Waals surface area contributed by atoms with E-state index in [1.54, 1.807) is 17.1 Å². The number of carbonyl (C=O) groups excluding carboxylic acids is 4. The molecule has 0 aromatic heterocycles. The van der Waals surface area contributed by atoms with Crippen LogP contribution in [0.2, 0.25) is 0 Å². The average molecular weight is 666 g/mol. The molecule has 1 aromatic rings. The van der Waals surface area contributed by atoms with Crippen molar-refractivity contribution < 1.29 is 33.8 Å². The summed E-state index contributed by atoms with van der Waals surface area (Å²) < 4.78 is 12.2. The maximum atomic E-state index is 14.9. The van der Waals surface area contributed by atoms with Crippen molar-refractivity contribution in [2.75, 3.05) is 19.8 Å². The summed E-state index contributed by atoms with van der Waals surface area (Å²) in [6.45, 7) is 19.7. The number of esters is 1. The predicted molar refractivity (Wildman–Crippen MR) is 183 cm³/mol. The Bertz CT molecular complexity index is 1350. The Hall–Kier alpha value is -3.50. The molecule has 2 bridgehead atoms. The van der Waals surface area contributed by atoms with Crippen LogP contribution in [0.25, 0.3) is 0 Å². The number of aliphatic hydroxyl groups excluding tert-OH is 1. The van der Waals surface area contributed by atoms with Crippen LogP contribution in [0.1, 0.15) is 91.7 Å². The molecule has 7 atom stereocenters. The first-order valence-corrected chi connectivity index (χ1v) is 17.3. The van der Waals surface area contributed by atoms with Gasteiger partial charge in [0.25, 0.3) is 0 Å². The van der Waals surface area contributed by atoms with Gasteiger partial charge < -0.3 is 29.7 Å². The number of ether oxygens (including phenoxy) is 2. The summed E-state index contributed by atoms with van der Waals surface area (Å²) in [7, 11) is 0. The molecule has 0 aliphatic carbocycles. The number of nitrogens with zero attached hydrogens (tertiary/aromatic N) is 2. The lowest BCUT2D eigenvalue weighted by Crippen LogP contribution is -2.62. The number of likely N-dealkylation sites (tertiary alicyclic amines) is 1. The number of hydrogen-bond acceptors (Lipinski definition) is 7. The minimum absolute atomic E-state index is 0.0806. The van der Waals surface area contributed by atoms with Crippen molar-refractivity contribution in [2.45, 2.75) is 115 Å². The van der Waals surface area contributed by atoms with Gasteiger partial charge in [-0.15, -0.1) is 13.2 Å². The average Bonchev–Trinajstić information content (AvgIpc) is 3.68. The van der Waals surface area contributed by atoms with E-state index in [4.69, 9.17) is 9.47 Å². The smallest absolute Gasteiger partial charge is 0.306 e. The molecule has 3 saturated heterocycles. The van der Waals surface area contributed by atoms with Crippen molar-refractivity contribution in [3.05, 3.63) is 61.2 Å². The number of nitrogens with one attached hydrogen (secondary N) is 1. The van der Waals surface area contributed by atoms with Crippen molar-refractivity contribution >= 4 is 23.7 Å². The number of rotatable bonds is 16. The molecule has 264 valence electrons. The van der Waals surface area contributed by atoms with E-state index in [1.165, 1.54) is 4.90 Å². The Labute approximate surface area is 285 Å². The van der Waals surface area contributed by atoms with Gasteiger partial charge in [-0.2, -0.15) is 0 Å². The molecular weight excluding hydrogens is 610 g/mol. The first kappa shape index (κ1) is 37.3. The highest BCUT2D eigenvalue weighted by atomic mass is 16.5. The number of fused-ring (bicyclic) bond motifs is 1. The van der Waals surface area contributed by atoms with Gasteiger partial charge in [-0.1, -0.05) is 70.2 Å². The van der Waals surface area contributed by atoms with E-state index in [-0.39, 0.29) is 43.4 Å². The van der Waals surface area contributed by atoms with E-state index < -0.39 is 59.1 Å². The molecule has 3 aliphatic heterocycles. The molecule has 48 heavy (non-hydrogen) atoms. The monoisotopic (exact) mass is 665 g/mol. The number of aliphatic hydroxyl groups is 1. The molecule has 4 rings (SSSR count). The Morgan fingerprint density at radius 3 is 2.44 bits per heavy atom. The highest BCUT2D eigenvalue weighted by molar-refractivity contribution is 5.99. The van der Waals surface area contributed by atoms with Crippen LogP contribution >= 0.6 is 0 Å². The van der Waals surface area contributed by atoms with Crippen molar-refractivity contribution in [3.63, 3.8) is 0 Å². The molecule has 0 unspecified atom stereocenters. The van der Waals surface area contributed by atoms with E-state index in [1.807, 2.05) is 51.1 Å². The molecule has 0 radical (unpaired) electrons. The molecule has 3 aliphatic rings. The molecule has 1 spiro atoms. The summed E-state index contributed by atoms with van der Waals surface area (Å²) in [6, 6.07) is 6.94. The third-order valence-electron chi connectivity index (χ3n) is 10.1. The van der Waals surface area contributed by atoms with Crippen LogP contribution in [0.5, 0.6) is 0 Å². The second-order valence-electron chi connectivity index (χ2n) is 15.3. The fourth-order valence-electron chi connectivity index (χ4n) is 8.43. The van der Waals surface area contributed by atoms with Crippen LogP contribution in [0, 0.1) is 17.3 Å². The number of amides is 3. The molecule has 3 fully saturated rings. The van der Waals surface area contributed by atoms with Gasteiger partial charge in [-0.3, -0.25) is 19.2 Å².